The number of carbonyl (C=O) groups excluding carboxylic acids is 3. The van der Waals surface area contributed by atoms with Crippen molar-refractivity contribution < 1.29 is 19.1 Å². The van der Waals surface area contributed by atoms with Crippen LogP contribution in [0, 0.1) is 23.7 Å². The fourth-order valence-corrected chi connectivity index (χ4v) is 5.16. The highest BCUT2D eigenvalue weighted by Gasteiger charge is 2.63. The number of anilines is 2. The van der Waals surface area contributed by atoms with Crippen molar-refractivity contribution in [3.05, 3.63) is 59.1 Å². The van der Waals surface area contributed by atoms with Gasteiger partial charge in [0.2, 0.25) is 5.91 Å². The van der Waals surface area contributed by atoms with Crippen LogP contribution in [0.15, 0.2) is 48.5 Å². The highest BCUT2D eigenvalue weighted by atomic mass is 35.5. The number of hydrogen-bond acceptors (Lipinski definition) is 4. The monoisotopic (exact) mass is 410 g/mol. The van der Waals surface area contributed by atoms with Crippen molar-refractivity contribution in [3.63, 3.8) is 0 Å². The minimum absolute atomic E-state index is 0.0139. The molecule has 2 bridgehead atoms. The van der Waals surface area contributed by atoms with Crippen molar-refractivity contribution in [1.29, 1.82) is 0 Å². The van der Waals surface area contributed by atoms with Crippen LogP contribution in [0.3, 0.4) is 0 Å². The summed E-state index contributed by atoms with van der Waals surface area (Å²) in [6.07, 6.45) is 1.69. The number of ether oxygens (including phenoxy) is 1. The number of carbonyl (C=O) groups is 3. The summed E-state index contributed by atoms with van der Waals surface area (Å²) in [7, 11) is 0. The van der Waals surface area contributed by atoms with E-state index in [1.54, 1.807) is 48.5 Å². The minimum atomic E-state index is -0.320. The first-order valence-corrected chi connectivity index (χ1v) is 10.1. The molecule has 2 saturated carbocycles. The Morgan fingerprint density at radius 1 is 0.931 bits per heavy atom. The zero-order chi connectivity index (χ0) is 20.1. The molecule has 3 fully saturated rings. The van der Waals surface area contributed by atoms with E-state index in [1.807, 2.05) is 0 Å². The highest BCUT2D eigenvalue weighted by Crippen LogP contribution is 2.57. The van der Waals surface area contributed by atoms with Crippen LogP contribution < -0.4 is 10.6 Å². The molecule has 0 spiro atoms. The van der Waals surface area contributed by atoms with Gasteiger partial charge in [0.1, 0.15) is 6.10 Å². The summed E-state index contributed by atoms with van der Waals surface area (Å²) in [5.41, 5.74) is 1.72. The zero-order valence-electron chi connectivity index (χ0n) is 15.4. The second-order valence-corrected chi connectivity index (χ2v) is 8.39. The summed E-state index contributed by atoms with van der Waals surface area (Å²) in [5, 5.41) is 6.29. The van der Waals surface area contributed by atoms with E-state index in [0.29, 0.717) is 22.0 Å². The number of esters is 1. The first kappa shape index (κ1) is 18.2. The van der Waals surface area contributed by atoms with E-state index < -0.39 is 0 Å². The van der Waals surface area contributed by atoms with E-state index in [-0.39, 0.29) is 47.6 Å². The fraction of sp³-hybridized carbons (Fsp3) is 0.318. The predicted molar refractivity (Wildman–Crippen MR) is 108 cm³/mol. The molecule has 29 heavy (non-hydrogen) atoms. The molecule has 0 unspecified atom stereocenters. The van der Waals surface area contributed by atoms with Gasteiger partial charge in [0.05, 0.1) is 11.8 Å². The largest absolute Gasteiger partial charge is 0.462 e. The van der Waals surface area contributed by atoms with Crippen LogP contribution in [0.2, 0.25) is 5.02 Å². The zero-order valence-corrected chi connectivity index (χ0v) is 16.2. The normalized spacial score (nSPS) is 28.9. The number of nitrogens with one attached hydrogen (secondary N) is 2. The quantitative estimate of drug-likeness (QED) is 0.752. The third-order valence-electron chi connectivity index (χ3n) is 6.30. The second-order valence-electron chi connectivity index (χ2n) is 7.95. The van der Waals surface area contributed by atoms with E-state index in [9.17, 15) is 14.4 Å². The Morgan fingerprint density at radius 3 is 2.31 bits per heavy atom. The van der Waals surface area contributed by atoms with E-state index in [1.165, 1.54) is 0 Å². The van der Waals surface area contributed by atoms with Gasteiger partial charge >= 0.3 is 5.97 Å². The molecular weight excluding hydrogens is 392 g/mol. The first-order valence-electron chi connectivity index (χ1n) is 9.68. The average molecular weight is 411 g/mol. The van der Waals surface area contributed by atoms with Gasteiger partial charge in [-0.25, -0.2) is 0 Å². The van der Waals surface area contributed by atoms with Crippen molar-refractivity contribution >= 4 is 40.8 Å². The lowest BCUT2D eigenvalue weighted by molar-refractivity contribution is -0.145. The van der Waals surface area contributed by atoms with Crippen LogP contribution in [0.4, 0.5) is 11.4 Å². The second kappa shape index (κ2) is 6.88. The summed E-state index contributed by atoms with van der Waals surface area (Å²) < 4.78 is 5.40. The number of fused-ring (bicyclic) bond motifs is 1. The number of amides is 2. The van der Waals surface area contributed by atoms with Gasteiger partial charge in [-0.3, -0.25) is 14.4 Å². The standard InChI is InChI=1S/C22H19ClN2O4/c23-13-3-7-15(8-4-13)24-20(26)11-1-5-14(6-2-11)25-21(27)18-12-9-16-17(10-12)29-22(28)19(16)18/h1-8,12,16-19H,9-10H2,(H,24,26)(H,25,27)/t12-,16-,17-,18-,19+/m1/s1. The van der Waals surface area contributed by atoms with Crippen LogP contribution in [0.25, 0.3) is 0 Å². The van der Waals surface area contributed by atoms with Gasteiger partial charge in [-0.15, -0.1) is 0 Å². The number of hydrogen-bond donors (Lipinski definition) is 2. The van der Waals surface area contributed by atoms with Crippen LogP contribution in [0.1, 0.15) is 23.2 Å². The molecule has 7 heteroatoms. The molecule has 2 aromatic carbocycles. The first-order chi connectivity index (χ1) is 14.0. The molecule has 0 aromatic heterocycles. The molecule has 5 atom stereocenters. The number of rotatable bonds is 4. The Labute approximate surface area is 172 Å². The molecule has 0 radical (unpaired) electrons. The van der Waals surface area contributed by atoms with Crippen molar-refractivity contribution in [2.45, 2.75) is 18.9 Å². The number of halogens is 1. The topological polar surface area (TPSA) is 84.5 Å². The van der Waals surface area contributed by atoms with Crippen LogP contribution >= 0.6 is 11.6 Å². The highest BCUT2D eigenvalue weighted by molar-refractivity contribution is 6.30. The third-order valence-corrected chi connectivity index (χ3v) is 6.55. The van der Waals surface area contributed by atoms with E-state index in [2.05, 4.69) is 10.6 Å². The van der Waals surface area contributed by atoms with Gasteiger partial charge in [0.15, 0.2) is 0 Å². The molecule has 2 aromatic rings. The Balaban J connectivity index is 1.24. The van der Waals surface area contributed by atoms with Crippen molar-refractivity contribution in [2.24, 2.45) is 23.7 Å². The Hall–Kier alpha value is -2.86. The van der Waals surface area contributed by atoms with Crippen molar-refractivity contribution in [3.8, 4) is 0 Å². The molecule has 6 nitrogen and oxygen atoms in total. The summed E-state index contributed by atoms with van der Waals surface area (Å²) in [6.45, 7) is 0. The van der Waals surface area contributed by atoms with Crippen molar-refractivity contribution in [2.75, 3.05) is 10.6 Å². The van der Waals surface area contributed by atoms with Gasteiger partial charge in [-0.1, -0.05) is 11.6 Å². The van der Waals surface area contributed by atoms with Crippen molar-refractivity contribution in [1.82, 2.24) is 0 Å². The summed E-state index contributed by atoms with van der Waals surface area (Å²) in [6, 6.07) is 13.5. The Morgan fingerprint density at radius 2 is 1.59 bits per heavy atom. The van der Waals surface area contributed by atoms with Gasteiger partial charge in [-0.05, 0) is 67.3 Å². The molecule has 2 amide bonds. The molecule has 5 rings (SSSR count). The average Bonchev–Trinajstić information content (AvgIpc) is 3.33. The molecule has 1 saturated heterocycles. The third kappa shape index (κ3) is 3.17. The summed E-state index contributed by atoms with van der Waals surface area (Å²) in [4.78, 5) is 37.3. The van der Waals surface area contributed by atoms with E-state index >= 15 is 0 Å². The maximum Gasteiger partial charge on any atom is 0.310 e. The molecule has 3 aliphatic rings. The molecular formula is C22H19ClN2O4. The van der Waals surface area contributed by atoms with E-state index in [4.69, 9.17) is 16.3 Å². The van der Waals surface area contributed by atoms with Crippen LogP contribution in [0.5, 0.6) is 0 Å². The fourth-order valence-electron chi connectivity index (χ4n) is 5.03. The molecule has 148 valence electrons. The maximum atomic E-state index is 12.8. The van der Waals surface area contributed by atoms with Crippen LogP contribution in [-0.2, 0) is 14.3 Å². The van der Waals surface area contributed by atoms with Crippen LogP contribution in [-0.4, -0.2) is 23.9 Å². The lowest BCUT2D eigenvalue weighted by Crippen LogP contribution is -2.35. The summed E-state index contributed by atoms with van der Waals surface area (Å²) in [5.74, 6) is -0.832. The molecule has 1 heterocycles. The lowest BCUT2D eigenvalue weighted by Gasteiger charge is -2.23. The lowest BCUT2D eigenvalue weighted by atomic mass is 9.79. The molecule has 2 N–H and O–H groups in total. The SMILES string of the molecule is O=C(Nc1ccc(Cl)cc1)c1ccc(NC(=O)[C@@H]2[C@@H]3C[C@H]4[C@@H]2C(=O)O[C@@H]4C3)cc1. The van der Waals surface area contributed by atoms with E-state index in [0.717, 1.165) is 12.8 Å². The minimum Gasteiger partial charge on any atom is -0.462 e. The Bertz CT molecular complexity index is 987. The molecule has 1 aliphatic heterocycles. The predicted octanol–water partition coefficient (Wildman–Crippen LogP) is 3.73. The van der Waals surface area contributed by atoms with Gasteiger partial charge in [0, 0.05) is 27.9 Å². The van der Waals surface area contributed by atoms with Gasteiger partial charge in [-0.2, -0.15) is 0 Å². The number of benzene rings is 2. The smallest absolute Gasteiger partial charge is 0.310 e. The summed E-state index contributed by atoms with van der Waals surface area (Å²) >= 11 is 5.85. The van der Waals surface area contributed by atoms with Gasteiger partial charge in [0.25, 0.3) is 5.91 Å². The molecule has 2 aliphatic carbocycles. The van der Waals surface area contributed by atoms with Gasteiger partial charge < -0.3 is 15.4 Å². The maximum absolute atomic E-state index is 12.8. The Kier molecular flexibility index (Phi) is 4.32.